The van der Waals surface area contributed by atoms with Crippen molar-refractivity contribution in [2.75, 3.05) is 6.61 Å². The van der Waals surface area contributed by atoms with Crippen LogP contribution in [0.5, 0.6) is 5.75 Å². The van der Waals surface area contributed by atoms with Crippen molar-refractivity contribution in [3.63, 3.8) is 0 Å². The Kier molecular flexibility index (Phi) is 4.47. The summed E-state index contributed by atoms with van der Waals surface area (Å²) in [6.07, 6.45) is -4.72. The highest BCUT2D eigenvalue weighted by Gasteiger charge is 2.34. The Morgan fingerprint density at radius 2 is 1.71 bits per heavy atom. The van der Waals surface area contributed by atoms with Crippen LogP contribution in [0.4, 0.5) is 17.6 Å². The molecular weight excluding hydrogens is 286 g/mol. The smallest absolute Gasteiger partial charge is 0.419 e. The molecule has 0 amide bonds. The van der Waals surface area contributed by atoms with Gasteiger partial charge in [-0.2, -0.15) is 13.2 Å². The predicted molar refractivity (Wildman–Crippen MR) is 70.3 cm³/mol. The van der Waals surface area contributed by atoms with E-state index in [0.29, 0.717) is 11.8 Å². The second-order valence-corrected chi connectivity index (χ2v) is 4.47. The van der Waals surface area contributed by atoms with Crippen LogP contribution in [0, 0.1) is 5.82 Å². The van der Waals surface area contributed by atoms with E-state index >= 15 is 0 Å². The van der Waals surface area contributed by atoms with Gasteiger partial charge < -0.3 is 10.5 Å². The SMILES string of the molecule is NC(COc1ccccc1)c1ccc(C(F)(F)F)c(F)c1. The molecule has 1 atom stereocenters. The van der Waals surface area contributed by atoms with Gasteiger partial charge in [0.25, 0.3) is 0 Å². The van der Waals surface area contributed by atoms with Crippen molar-refractivity contribution in [1.29, 1.82) is 0 Å². The molecule has 0 saturated heterocycles. The Hall–Kier alpha value is -2.08. The summed E-state index contributed by atoms with van der Waals surface area (Å²) in [5, 5.41) is 0. The Bertz CT molecular complexity index is 598. The summed E-state index contributed by atoms with van der Waals surface area (Å²) in [5.74, 6) is -0.754. The quantitative estimate of drug-likeness (QED) is 0.868. The van der Waals surface area contributed by atoms with E-state index in [9.17, 15) is 17.6 Å². The van der Waals surface area contributed by atoms with Crippen LogP contribution in [-0.4, -0.2) is 6.61 Å². The summed E-state index contributed by atoms with van der Waals surface area (Å²) in [4.78, 5) is 0. The first kappa shape index (κ1) is 15.3. The summed E-state index contributed by atoms with van der Waals surface area (Å²) in [6.45, 7) is 0.0365. The Morgan fingerprint density at radius 3 is 2.29 bits per heavy atom. The van der Waals surface area contributed by atoms with Crippen molar-refractivity contribution in [2.45, 2.75) is 12.2 Å². The standard InChI is InChI=1S/C15H13F4NO/c16-13-8-10(6-7-12(13)15(17,18)19)14(20)9-21-11-4-2-1-3-5-11/h1-8,14H,9,20H2. The summed E-state index contributed by atoms with van der Waals surface area (Å²) in [5.41, 5.74) is 4.74. The van der Waals surface area contributed by atoms with Crippen molar-refractivity contribution < 1.29 is 22.3 Å². The lowest BCUT2D eigenvalue weighted by molar-refractivity contribution is -0.140. The van der Waals surface area contributed by atoms with Gasteiger partial charge in [0.15, 0.2) is 0 Å². The fourth-order valence-electron chi connectivity index (χ4n) is 1.79. The van der Waals surface area contributed by atoms with E-state index in [2.05, 4.69) is 0 Å². The molecule has 0 aliphatic heterocycles. The van der Waals surface area contributed by atoms with E-state index in [-0.39, 0.29) is 12.2 Å². The van der Waals surface area contributed by atoms with E-state index in [1.54, 1.807) is 24.3 Å². The summed E-state index contributed by atoms with van der Waals surface area (Å²) < 4.78 is 56.2. The number of benzene rings is 2. The molecule has 1 unspecified atom stereocenters. The van der Waals surface area contributed by atoms with Gasteiger partial charge in [-0.1, -0.05) is 24.3 Å². The van der Waals surface area contributed by atoms with Gasteiger partial charge in [0, 0.05) is 0 Å². The molecule has 0 heterocycles. The number of ether oxygens (including phenoxy) is 1. The molecule has 2 aromatic rings. The number of rotatable bonds is 4. The van der Waals surface area contributed by atoms with Crippen LogP contribution in [-0.2, 0) is 6.18 Å². The van der Waals surface area contributed by atoms with E-state index < -0.39 is 23.6 Å². The molecule has 0 bridgehead atoms. The molecule has 112 valence electrons. The van der Waals surface area contributed by atoms with E-state index in [4.69, 9.17) is 10.5 Å². The molecule has 0 aliphatic rings. The topological polar surface area (TPSA) is 35.2 Å². The van der Waals surface area contributed by atoms with E-state index in [0.717, 1.165) is 12.1 Å². The van der Waals surface area contributed by atoms with Crippen molar-refractivity contribution in [1.82, 2.24) is 0 Å². The highest BCUT2D eigenvalue weighted by molar-refractivity contribution is 5.29. The minimum atomic E-state index is -4.72. The van der Waals surface area contributed by atoms with Gasteiger partial charge >= 0.3 is 6.18 Å². The first-order valence-electron chi connectivity index (χ1n) is 6.18. The summed E-state index contributed by atoms with van der Waals surface area (Å²) in [6, 6.07) is 10.7. The second-order valence-electron chi connectivity index (χ2n) is 4.47. The third kappa shape index (κ3) is 3.95. The minimum Gasteiger partial charge on any atom is -0.492 e. The molecule has 2 nitrogen and oxygen atoms in total. The maximum atomic E-state index is 13.5. The molecule has 0 aliphatic carbocycles. The van der Waals surface area contributed by atoms with Crippen LogP contribution < -0.4 is 10.5 Å². The molecule has 0 fully saturated rings. The van der Waals surface area contributed by atoms with Crippen molar-refractivity contribution in [3.05, 3.63) is 65.5 Å². The molecule has 2 N–H and O–H groups in total. The van der Waals surface area contributed by atoms with Crippen molar-refractivity contribution >= 4 is 0 Å². The van der Waals surface area contributed by atoms with Gasteiger partial charge in [0.2, 0.25) is 0 Å². The summed E-state index contributed by atoms with van der Waals surface area (Å²) >= 11 is 0. The van der Waals surface area contributed by atoms with Gasteiger partial charge in [0.05, 0.1) is 11.6 Å². The molecule has 0 saturated carbocycles. The highest BCUT2D eigenvalue weighted by atomic mass is 19.4. The molecule has 0 spiro atoms. The van der Waals surface area contributed by atoms with Gasteiger partial charge in [-0.25, -0.2) is 4.39 Å². The van der Waals surface area contributed by atoms with Crippen LogP contribution >= 0.6 is 0 Å². The lowest BCUT2D eigenvalue weighted by Gasteiger charge is -2.15. The lowest BCUT2D eigenvalue weighted by atomic mass is 10.1. The molecule has 0 radical (unpaired) electrons. The maximum Gasteiger partial charge on any atom is 0.419 e. The molecule has 6 heteroatoms. The van der Waals surface area contributed by atoms with Gasteiger partial charge in [-0.05, 0) is 29.8 Å². The fourth-order valence-corrected chi connectivity index (χ4v) is 1.79. The fraction of sp³-hybridized carbons (Fsp3) is 0.200. The monoisotopic (exact) mass is 299 g/mol. The first-order valence-corrected chi connectivity index (χ1v) is 6.18. The Balaban J connectivity index is 2.06. The van der Waals surface area contributed by atoms with Gasteiger partial charge in [0.1, 0.15) is 18.2 Å². The second kappa shape index (κ2) is 6.13. The number of alkyl halides is 3. The number of nitrogens with two attached hydrogens (primary N) is 1. The zero-order valence-corrected chi connectivity index (χ0v) is 10.9. The van der Waals surface area contributed by atoms with Gasteiger partial charge in [-0.15, -0.1) is 0 Å². The van der Waals surface area contributed by atoms with Crippen LogP contribution in [0.2, 0.25) is 0 Å². The number of hydrogen-bond donors (Lipinski definition) is 1. The zero-order valence-electron chi connectivity index (χ0n) is 10.9. The zero-order chi connectivity index (χ0) is 15.5. The Labute approximate surface area is 119 Å². The van der Waals surface area contributed by atoms with Crippen LogP contribution in [0.3, 0.4) is 0 Å². The van der Waals surface area contributed by atoms with E-state index in [1.165, 1.54) is 0 Å². The van der Waals surface area contributed by atoms with Crippen molar-refractivity contribution in [2.24, 2.45) is 5.73 Å². The first-order chi connectivity index (χ1) is 9.88. The number of halogens is 4. The largest absolute Gasteiger partial charge is 0.492 e. The number of para-hydroxylation sites is 1. The maximum absolute atomic E-state index is 13.5. The lowest BCUT2D eigenvalue weighted by Crippen LogP contribution is -2.20. The average Bonchev–Trinajstić information content (AvgIpc) is 2.44. The third-order valence-electron chi connectivity index (χ3n) is 2.90. The molecular formula is C15H13F4NO. The predicted octanol–water partition coefficient (Wildman–Crippen LogP) is 3.92. The third-order valence-corrected chi connectivity index (χ3v) is 2.90. The van der Waals surface area contributed by atoms with Crippen LogP contribution in [0.15, 0.2) is 48.5 Å². The van der Waals surface area contributed by atoms with Crippen molar-refractivity contribution in [3.8, 4) is 5.75 Å². The molecule has 0 aromatic heterocycles. The normalized spacial score (nSPS) is 13.0. The molecule has 2 rings (SSSR count). The molecule has 2 aromatic carbocycles. The van der Waals surface area contributed by atoms with Crippen LogP contribution in [0.1, 0.15) is 17.2 Å². The minimum absolute atomic E-state index is 0.0365. The van der Waals surface area contributed by atoms with Crippen LogP contribution in [0.25, 0.3) is 0 Å². The highest BCUT2D eigenvalue weighted by Crippen LogP contribution is 2.32. The summed E-state index contributed by atoms with van der Waals surface area (Å²) in [7, 11) is 0. The Morgan fingerprint density at radius 1 is 1.05 bits per heavy atom. The number of hydrogen-bond acceptors (Lipinski definition) is 2. The average molecular weight is 299 g/mol. The molecule has 21 heavy (non-hydrogen) atoms. The van der Waals surface area contributed by atoms with Gasteiger partial charge in [-0.3, -0.25) is 0 Å². The van der Waals surface area contributed by atoms with E-state index in [1.807, 2.05) is 6.07 Å².